The summed E-state index contributed by atoms with van der Waals surface area (Å²) < 4.78 is 5.24. The van der Waals surface area contributed by atoms with Crippen LogP contribution in [-0.2, 0) is 14.3 Å². The number of ether oxygens (including phenoxy) is 1. The Morgan fingerprint density at radius 1 is 1.16 bits per heavy atom. The maximum Gasteiger partial charge on any atom is 0.303 e. The highest BCUT2D eigenvalue weighted by molar-refractivity contribution is 5.91. The second-order valence-corrected chi connectivity index (χ2v) is 6.04. The van der Waals surface area contributed by atoms with Gasteiger partial charge in [0.25, 0.3) is 5.91 Å². The molecule has 0 radical (unpaired) electrons. The Morgan fingerprint density at radius 2 is 1.80 bits per heavy atom. The summed E-state index contributed by atoms with van der Waals surface area (Å²) in [5.74, 6) is -0.690. The minimum atomic E-state index is -0.823. The molecule has 1 heterocycles. The summed E-state index contributed by atoms with van der Waals surface area (Å²) in [6.45, 7) is 3.25. The number of β-lactam (4-membered cyclic amide) rings is 1. The second kappa shape index (κ2) is 6.78. The fourth-order valence-electron chi connectivity index (χ4n) is 3.19. The van der Waals surface area contributed by atoms with Crippen molar-refractivity contribution in [2.75, 3.05) is 0 Å². The van der Waals surface area contributed by atoms with Crippen molar-refractivity contribution in [3.8, 4) is 6.07 Å². The zero-order valence-electron chi connectivity index (χ0n) is 14.0. The van der Waals surface area contributed by atoms with Gasteiger partial charge in [0.05, 0.1) is 17.7 Å². The molecule has 0 bridgehead atoms. The van der Waals surface area contributed by atoms with E-state index in [0.29, 0.717) is 5.56 Å². The minimum Gasteiger partial charge on any atom is -0.450 e. The average Bonchev–Trinajstić information content (AvgIpc) is 2.64. The molecule has 126 valence electrons. The van der Waals surface area contributed by atoms with Gasteiger partial charge in [-0.05, 0) is 30.2 Å². The Labute approximate surface area is 146 Å². The first kappa shape index (κ1) is 16.7. The van der Waals surface area contributed by atoms with Gasteiger partial charge < -0.3 is 9.64 Å². The van der Waals surface area contributed by atoms with E-state index in [-0.39, 0.29) is 18.0 Å². The third-order valence-corrected chi connectivity index (χ3v) is 4.46. The summed E-state index contributed by atoms with van der Waals surface area (Å²) in [5, 5.41) is 8.96. The SMILES string of the molecule is CC(=O)O[C@@H]1C(=O)N(C(C)c2ccccc2)C1c1ccc(C#N)cc1. The van der Waals surface area contributed by atoms with E-state index in [9.17, 15) is 9.59 Å². The molecule has 25 heavy (non-hydrogen) atoms. The minimum absolute atomic E-state index is 0.152. The predicted molar refractivity (Wildman–Crippen MR) is 91.2 cm³/mol. The van der Waals surface area contributed by atoms with Crippen LogP contribution in [0.25, 0.3) is 0 Å². The van der Waals surface area contributed by atoms with Crippen molar-refractivity contribution < 1.29 is 14.3 Å². The molecule has 2 aromatic rings. The van der Waals surface area contributed by atoms with Crippen LogP contribution >= 0.6 is 0 Å². The van der Waals surface area contributed by atoms with Gasteiger partial charge in [-0.25, -0.2) is 0 Å². The highest BCUT2D eigenvalue weighted by Gasteiger charge is 2.52. The summed E-state index contributed by atoms with van der Waals surface area (Å²) >= 11 is 0. The monoisotopic (exact) mass is 334 g/mol. The lowest BCUT2D eigenvalue weighted by Crippen LogP contribution is -2.60. The van der Waals surface area contributed by atoms with E-state index in [1.54, 1.807) is 29.2 Å². The largest absolute Gasteiger partial charge is 0.450 e. The van der Waals surface area contributed by atoms with Crippen LogP contribution in [-0.4, -0.2) is 22.9 Å². The van der Waals surface area contributed by atoms with Crippen molar-refractivity contribution >= 4 is 11.9 Å². The maximum absolute atomic E-state index is 12.6. The number of carbonyl (C=O) groups is 2. The van der Waals surface area contributed by atoms with E-state index in [1.807, 2.05) is 37.3 Å². The van der Waals surface area contributed by atoms with Crippen molar-refractivity contribution in [1.29, 1.82) is 5.26 Å². The van der Waals surface area contributed by atoms with Crippen LogP contribution in [0.15, 0.2) is 54.6 Å². The average molecular weight is 334 g/mol. The number of nitriles is 1. The highest BCUT2D eigenvalue weighted by atomic mass is 16.6. The van der Waals surface area contributed by atoms with Crippen molar-refractivity contribution in [3.63, 3.8) is 0 Å². The van der Waals surface area contributed by atoms with Crippen LogP contribution in [0.1, 0.15) is 42.6 Å². The number of rotatable bonds is 4. The molecule has 1 fully saturated rings. The molecule has 1 aliphatic heterocycles. The molecular formula is C20H18N2O3. The van der Waals surface area contributed by atoms with Gasteiger partial charge in [-0.15, -0.1) is 0 Å². The van der Waals surface area contributed by atoms with Gasteiger partial charge in [0.2, 0.25) is 6.10 Å². The number of nitrogens with zero attached hydrogens (tertiary/aromatic N) is 2. The van der Waals surface area contributed by atoms with E-state index >= 15 is 0 Å². The van der Waals surface area contributed by atoms with Crippen molar-refractivity contribution in [1.82, 2.24) is 4.90 Å². The molecule has 2 aromatic carbocycles. The van der Waals surface area contributed by atoms with Crippen LogP contribution in [0.5, 0.6) is 0 Å². The second-order valence-electron chi connectivity index (χ2n) is 6.04. The Hall–Kier alpha value is -3.13. The molecule has 1 amide bonds. The van der Waals surface area contributed by atoms with E-state index in [1.165, 1.54) is 6.92 Å². The van der Waals surface area contributed by atoms with E-state index in [0.717, 1.165) is 11.1 Å². The molecule has 2 unspecified atom stereocenters. The van der Waals surface area contributed by atoms with Crippen LogP contribution in [0.3, 0.4) is 0 Å². The van der Waals surface area contributed by atoms with Gasteiger partial charge in [-0.3, -0.25) is 9.59 Å². The first-order chi connectivity index (χ1) is 12.0. The Bertz CT molecular complexity index is 824. The molecule has 3 rings (SSSR count). The van der Waals surface area contributed by atoms with Crippen molar-refractivity contribution in [2.24, 2.45) is 0 Å². The Kier molecular flexibility index (Phi) is 4.53. The van der Waals surface area contributed by atoms with Crippen LogP contribution < -0.4 is 0 Å². The molecule has 0 N–H and O–H groups in total. The van der Waals surface area contributed by atoms with Crippen molar-refractivity contribution in [3.05, 3.63) is 71.3 Å². The normalized spacial score (nSPS) is 20.4. The van der Waals surface area contributed by atoms with E-state index in [4.69, 9.17) is 10.00 Å². The van der Waals surface area contributed by atoms with Gasteiger partial charge in [-0.2, -0.15) is 5.26 Å². The molecule has 1 aliphatic rings. The zero-order chi connectivity index (χ0) is 18.0. The fourth-order valence-corrected chi connectivity index (χ4v) is 3.19. The third kappa shape index (κ3) is 3.11. The lowest BCUT2D eigenvalue weighted by Gasteiger charge is -2.49. The zero-order valence-corrected chi connectivity index (χ0v) is 14.0. The van der Waals surface area contributed by atoms with Crippen LogP contribution in [0.2, 0.25) is 0 Å². The summed E-state index contributed by atoms with van der Waals surface area (Å²) in [6.07, 6.45) is -0.823. The Morgan fingerprint density at radius 3 is 2.36 bits per heavy atom. The van der Waals surface area contributed by atoms with Gasteiger partial charge >= 0.3 is 5.97 Å². The third-order valence-electron chi connectivity index (χ3n) is 4.46. The number of benzene rings is 2. The number of likely N-dealkylation sites (tertiary alicyclic amines) is 1. The lowest BCUT2D eigenvalue weighted by atomic mass is 9.87. The molecule has 0 spiro atoms. The summed E-state index contributed by atoms with van der Waals surface area (Å²) in [4.78, 5) is 25.7. The Balaban J connectivity index is 1.94. The molecule has 1 saturated heterocycles. The fraction of sp³-hybridized carbons (Fsp3) is 0.250. The van der Waals surface area contributed by atoms with Crippen LogP contribution in [0, 0.1) is 11.3 Å². The number of carbonyl (C=O) groups excluding carboxylic acids is 2. The topological polar surface area (TPSA) is 70.4 Å². The number of esters is 1. The van der Waals surface area contributed by atoms with Gasteiger partial charge in [-0.1, -0.05) is 42.5 Å². The molecule has 0 aliphatic carbocycles. The van der Waals surface area contributed by atoms with Crippen molar-refractivity contribution in [2.45, 2.75) is 32.0 Å². The molecule has 0 saturated carbocycles. The smallest absolute Gasteiger partial charge is 0.303 e. The van der Waals surface area contributed by atoms with E-state index < -0.39 is 12.1 Å². The molecule has 5 heteroatoms. The molecule has 3 atom stereocenters. The van der Waals surface area contributed by atoms with Gasteiger partial charge in [0, 0.05) is 6.92 Å². The van der Waals surface area contributed by atoms with E-state index in [2.05, 4.69) is 6.07 Å². The first-order valence-electron chi connectivity index (χ1n) is 8.07. The quantitative estimate of drug-likeness (QED) is 0.636. The maximum atomic E-state index is 12.6. The number of hydrogen-bond donors (Lipinski definition) is 0. The summed E-state index contributed by atoms with van der Waals surface area (Å²) in [5.41, 5.74) is 2.39. The summed E-state index contributed by atoms with van der Waals surface area (Å²) in [7, 11) is 0. The molecule has 0 aromatic heterocycles. The predicted octanol–water partition coefficient (Wildman–Crippen LogP) is 3.13. The number of amides is 1. The lowest BCUT2D eigenvalue weighted by molar-refractivity contribution is -0.186. The molecule has 5 nitrogen and oxygen atoms in total. The summed E-state index contributed by atoms with van der Waals surface area (Å²) in [6, 6.07) is 18.3. The first-order valence-corrected chi connectivity index (χ1v) is 8.07. The van der Waals surface area contributed by atoms with Crippen LogP contribution in [0.4, 0.5) is 0 Å². The van der Waals surface area contributed by atoms with Gasteiger partial charge in [0.1, 0.15) is 6.04 Å². The highest BCUT2D eigenvalue weighted by Crippen LogP contribution is 2.43. The van der Waals surface area contributed by atoms with Gasteiger partial charge in [0.15, 0.2) is 0 Å². The number of hydrogen-bond acceptors (Lipinski definition) is 4. The molecular weight excluding hydrogens is 316 g/mol. The standard InChI is InChI=1S/C20H18N2O3/c1-13(16-6-4-3-5-7-16)22-18(19(20(22)24)25-14(2)23)17-10-8-15(12-21)9-11-17/h3-11,13,18-19H,1-2H3/t13?,18?,19-/m0/s1.